The van der Waals surface area contributed by atoms with Crippen LogP contribution in [0.25, 0.3) is 0 Å². The fraction of sp³-hybridized carbons (Fsp3) is 0.364. The molecule has 0 aromatic heterocycles. The summed E-state index contributed by atoms with van der Waals surface area (Å²) in [6.07, 6.45) is 0.421. The lowest BCUT2D eigenvalue weighted by molar-refractivity contribution is -0.131. The standard InChI is InChI=1S/C22H24ClFN4O2/c1-14-13-27(17-5-6-18(23)19(24)11-17)7-8-28(14)22(30)12-25-16-4-3-15-9-21(29)26(2)20(15)10-16/h3-6,10-11,14,25H,7-9,12-13H2,1-2H3/t14-/m1/s1. The number of halogens is 2. The minimum atomic E-state index is -0.439. The molecule has 4 rings (SSSR count). The number of hydrogen-bond donors (Lipinski definition) is 1. The Morgan fingerprint density at radius 1 is 1.23 bits per heavy atom. The summed E-state index contributed by atoms with van der Waals surface area (Å²) in [5.41, 5.74) is 3.47. The fourth-order valence-corrected chi connectivity index (χ4v) is 4.19. The number of benzene rings is 2. The van der Waals surface area contributed by atoms with Gasteiger partial charge >= 0.3 is 0 Å². The Morgan fingerprint density at radius 3 is 2.77 bits per heavy atom. The summed E-state index contributed by atoms with van der Waals surface area (Å²) in [6, 6.07) is 10.5. The second kappa shape index (κ2) is 8.14. The minimum absolute atomic E-state index is 0.00411. The Balaban J connectivity index is 1.35. The van der Waals surface area contributed by atoms with Gasteiger partial charge in [0.15, 0.2) is 0 Å². The van der Waals surface area contributed by atoms with Gasteiger partial charge in [0.25, 0.3) is 0 Å². The Labute approximate surface area is 180 Å². The van der Waals surface area contributed by atoms with Gasteiger partial charge in [0.2, 0.25) is 11.8 Å². The summed E-state index contributed by atoms with van der Waals surface area (Å²) < 4.78 is 13.8. The van der Waals surface area contributed by atoms with Crippen molar-refractivity contribution >= 4 is 40.5 Å². The van der Waals surface area contributed by atoms with Gasteiger partial charge in [-0.1, -0.05) is 17.7 Å². The van der Waals surface area contributed by atoms with Crippen LogP contribution in [0.1, 0.15) is 12.5 Å². The fourth-order valence-electron chi connectivity index (χ4n) is 4.07. The van der Waals surface area contributed by atoms with E-state index < -0.39 is 5.82 Å². The number of nitrogens with one attached hydrogen (secondary N) is 1. The van der Waals surface area contributed by atoms with Crippen LogP contribution in [0.3, 0.4) is 0 Å². The second-order valence-corrected chi connectivity index (χ2v) is 8.21. The first-order valence-corrected chi connectivity index (χ1v) is 10.3. The number of nitrogens with zero attached hydrogens (tertiary/aromatic N) is 3. The molecule has 0 bridgehead atoms. The molecule has 1 N–H and O–H groups in total. The van der Waals surface area contributed by atoms with Crippen molar-refractivity contribution in [2.75, 3.05) is 48.3 Å². The summed E-state index contributed by atoms with van der Waals surface area (Å²) >= 11 is 5.77. The number of rotatable bonds is 4. The van der Waals surface area contributed by atoms with Crippen LogP contribution < -0.4 is 15.1 Å². The van der Waals surface area contributed by atoms with E-state index in [0.717, 1.165) is 22.6 Å². The molecule has 2 aliphatic heterocycles. The number of fused-ring (bicyclic) bond motifs is 1. The van der Waals surface area contributed by atoms with E-state index in [4.69, 9.17) is 11.6 Å². The highest BCUT2D eigenvalue weighted by molar-refractivity contribution is 6.30. The average molecular weight is 431 g/mol. The predicted molar refractivity (Wildman–Crippen MR) is 117 cm³/mol. The lowest BCUT2D eigenvalue weighted by Gasteiger charge is -2.41. The minimum Gasteiger partial charge on any atom is -0.376 e. The molecule has 0 radical (unpaired) electrons. The molecule has 2 amide bonds. The van der Waals surface area contributed by atoms with E-state index in [0.29, 0.717) is 26.1 Å². The molecule has 158 valence electrons. The highest BCUT2D eigenvalue weighted by Gasteiger charge is 2.28. The van der Waals surface area contributed by atoms with Gasteiger partial charge in [0.05, 0.1) is 18.0 Å². The molecule has 0 unspecified atom stereocenters. The van der Waals surface area contributed by atoms with Gasteiger partial charge in [-0.25, -0.2) is 4.39 Å². The Morgan fingerprint density at radius 2 is 2.03 bits per heavy atom. The molecule has 30 heavy (non-hydrogen) atoms. The highest BCUT2D eigenvalue weighted by Crippen LogP contribution is 2.30. The maximum atomic E-state index is 13.8. The van der Waals surface area contributed by atoms with Crippen LogP contribution in [0.15, 0.2) is 36.4 Å². The topological polar surface area (TPSA) is 55.9 Å². The van der Waals surface area contributed by atoms with Crippen molar-refractivity contribution in [2.45, 2.75) is 19.4 Å². The first kappa shape index (κ1) is 20.5. The van der Waals surface area contributed by atoms with Gasteiger partial charge in [-0.05, 0) is 42.8 Å². The summed E-state index contributed by atoms with van der Waals surface area (Å²) in [4.78, 5) is 30.2. The summed E-state index contributed by atoms with van der Waals surface area (Å²) in [6.45, 7) is 3.98. The average Bonchev–Trinajstić information content (AvgIpc) is 3.01. The number of carbonyl (C=O) groups excluding carboxylic acids is 2. The van der Waals surface area contributed by atoms with E-state index in [-0.39, 0.29) is 29.4 Å². The van der Waals surface area contributed by atoms with Crippen LogP contribution in [0, 0.1) is 5.82 Å². The summed E-state index contributed by atoms with van der Waals surface area (Å²) in [5, 5.41) is 3.28. The first-order valence-electron chi connectivity index (χ1n) is 9.96. The van der Waals surface area contributed by atoms with E-state index in [1.165, 1.54) is 6.07 Å². The van der Waals surface area contributed by atoms with Crippen LogP contribution in [0.4, 0.5) is 21.5 Å². The van der Waals surface area contributed by atoms with Crippen LogP contribution in [-0.2, 0) is 16.0 Å². The summed E-state index contributed by atoms with van der Waals surface area (Å²) in [7, 11) is 1.76. The van der Waals surface area contributed by atoms with Gasteiger partial charge in [0, 0.05) is 49.8 Å². The molecular formula is C22H24ClFN4O2. The van der Waals surface area contributed by atoms with Gasteiger partial charge in [-0.3, -0.25) is 9.59 Å². The number of carbonyl (C=O) groups is 2. The number of anilines is 3. The zero-order chi connectivity index (χ0) is 21.4. The summed E-state index contributed by atoms with van der Waals surface area (Å²) in [5.74, 6) is -0.355. The molecule has 6 nitrogen and oxygen atoms in total. The van der Waals surface area contributed by atoms with Crippen molar-refractivity contribution in [3.63, 3.8) is 0 Å². The van der Waals surface area contributed by atoms with Crippen molar-refractivity contribution < 1.29 is 14.0 Å². The number of likely N-dealkylation sites (N-methyl/N-ethyl adjacent to an activating group) is 1. The van der Waals surface area contributed by atoms with E-state index in [2.05, 4.69) is 10.2 Å². The quantitative estimate of drug-likeness (QED) is 0.809. The first-order chi connectivity index (χ1) is 14.3. The Hall–Kier alpha value is -2.80. The zero-order valence-corrected chi connectivity index (χ0v) is 17.7. The smallest absolute Gasteiger partial charge is 0.242 e. The maximum Gasteiger partial charge on any atom is 0.242 e. The molecule has 2 aromatic carbocycles. The lowest BCUT2D eigenvalue weighted by atomic mass is 10.1. The van der Waals surface area contributed by atoms with Crippen LogP contribution in [0.2, 0.25) is 5.02 Å². The van der Waals surface area contributed by atoms with Crippen LogP contribution in [0.5, 0.6) is 0 Å². The molecule has 2 heterocycles. The molecule has 0 spiro atoms. The molecular weight excluding hydrogens is 407 g/mol. The van der Waals surface area contributed by atoms with E-state index in [1.54, 1.807) is 24.1 Å². The molecule has 1 atom stereocenters. The number of piperazine rings is 1. The molecule has 0 saturated carbocycles. The van der Waals surface area contributed by atoms with Crippen molar-refractivity contribution in [2.24, 2.45) is 0 Å². The van der Waals surface area contributed by atoms with Gasteiger partial charge in [0.1, 0.15) is 5.82 Å². The molecule has 8 heteroatoms. The predicted octanol–water partition coefficient (Wildman–Crippen LogP) is 3.15. The second-order valence-electron chi connectivity index (χ2n) is 7.81. The third-order valence-electron chi connectivity index (χ3n) is 5.82. The SMILES string of the molecule is C[C@@H]1CN(c2ccc(Cl)c(F)c2)CCN1C(=O)CNc1ccc2c(c1)N(C)C(=O)C2. The number of hydrogen-bond acceptors (Lipinski definition) is 4. The normalized spacial score (nSPS) is 18.6. The third-order valence-corrected chi connectivity index (χ3v) is 6.13. The molecule has 2 aliphatic rings. The third kappa shape index (κ3) is 3.94. The van der Waals surface area contributed by atoms with Crippen LogP contribution in [-0.4, -0.2) is 56.0 Å². The van der Waals surface area contributed by atoms with E-state index in [1.807, 2.05) is 30.0 Å². The van der Waals surface area contributed by atoms with Gasteiger partial charge in [-0.15, -0.1) is 0 Å². The zero-order valence-electron chi connectivity index (χ0n) is 17.0. The molecule has 2 aromatic rings. The Bertz CT molecular complexity index is 999. The van der Waals surface area contributed by atoms with E-state index in [9.17, 15) is 14.0 Å². The van der Waals surface area contributed by atoms with Gasteiger partial charge < -0.3 is 20.0 Å². The monoisotopic (exact) mass is 430 g/mol. The van der Waals surface area contributed by atoms with E-state index >= 15 is 0 Å². The van der Waals surface area contributed by atoms with Crippen molar-refractivity contribution in [1.29, 1.82) is 0 Å². The van der Waals surface area contributed by atoms with Crippen molar-refractivity contribution in [1.82, 2.24) is 4.90 Å². The lowest BCUT2D eigenvalue weighted by Crippen LogP contribution is -2.55. The van der Waals surface area contributed by atoms with Crippen molar-refractivity contribution in [3.05, 3.63) is 52.8 Å². The number of amides is 2. The maximum absolute atomic E-state index is 13.8. The molecule has 1 fully saturated rings. The molecule has 1 saturated heterocycles. The Kier molecular flexibility index (Phi) is 5.56. The largest absolute Gasteiger partial charge is 0.376 e. The highest BCUT2D eigenvalue weighted by atomic mass is 35.5. The van der Waals surface area contributed by atoms with Gasteiger partial charge in [-0.2, -0.15) is 0 Å². The van der Waals surface area contributed by atoms with Crippen molar-refractivity contribution in [3.8, 4) is 0 Å². The molecule has 0 aliphatic carbocycles. The van der Waals surface area contributed by atoms with Crippen LogP contribution >= 0.6 is 11.6 Å².